The van der Waals surface area contributed by atoms with Crippen LogP contribution in [-0.4, -0.2) is 61.6 Å². The van der Waals surface area contributed by atoms with E-state index in [1.54, 1.807) is 25.3 Å². The summed E-state index contributed by atoms with van der Waals surface area (Å²) in [6.07, 6.45) is 4.68. The Hall–Kier alpha value is -3.13. The van der Waals surface area contributed by atoms with Gasteiger partial charge in [0.05, 0.1) is 20.3 Å². The van der Waals surface area contributed by atoms with E-state index in [0.29, 0.717) is 35.2 Å². The zero-order valence-electron chi connectivity index (χ0n) is 21.4. The molecule has 2 aromatic carbocycles. The van der Waals surface area contributed by atoms with Gasteiger partial charge >= 0.3 is 0 Å². The Labute approximate surface area is 223 Å². The predicted molar refractivity (Wildman–Crippen MR) is 141 cm³/mol. The number of hydrogen-bond acceptors (Lipinski definition) is 6. The Kier molecular flexibility index (Phi) is 9.39. The van der Waals surface area contributed by atoms with Crippen molar-refractivity contribution in [1.29, 1.82) is 0 Å². The van der Waals surface area contributed by atoms with E-state index in [9.17, 15) is 9.59 Å². The van der Waals surface area contributed by atoms with Crippen molar-refractivity contribution in [2.24, 2.45) is 0 Å². The highest BCUT2D eigenvalue weighted by molar-refractivity contribution is 6.27. The van der Waals surface area contributed by atoms with Crippen molar-refractivity contribution in [1.82, 2.24) is 10.2 Å². The van der Waals surface area contributed by atoms with E-state index in [1.807, 2.05) is 31.2 Å². The lowest BCUT2D eigenvalue weighted by molar-refractivity contribution is -0.141. The van der Waals surface area contributed by atoms with Gasteiger partial charge in [-0.3, -0.25) is 9.59 Å². The Morgan fingerprint density at radius 3 is 2.57 bits per heavy atom. The number of hydrogen-bond donors (Lipinski definition) is 1. The molecule has 1 aliphatic heterocycles. The van der Waals surface area contributed by atoms with E-state index >= 15 is 0 Å². The number of para-hydroxylation sites is 2. The lowest BCUT2D eigenvalue weighted by Gasteiger charge is -2.36. The van der Waals surface area contributed by atoms with Crippen LogP contribution in [0.4, 0.5) is 0 Å². The number of carbonyl (C=O) groups is 2. The number of amides is 2. The van der Waals surface area contributed by atoms with E-state index in [0.717, 1.165) is 25.7 Å². The first-order valence-corrected chi connectivity index (χ1v) is 13.4. The highest BCUT2D eigenvalue weighted by atomic mass is 35.5. The molecule has 0 aromatic heterocycles. The second-order valence-electron chi connectivity index (χ2n) is 9.27. The third-order valence-electron chi connectivity index (χ3n) is 6.72. The molecule has 0 radical (unpaired) electrons. The van der Waals surface area contributed by atoms with Gasteiger partial charge < -0.3 is 29.2 Å². The van der Waals surface area contributed by atoms with Crippen LogP contribution in [-0.2, 0) is 9.59 Å². The molecule has 0 bridgehead atoms. The first-order chi connectivity index (χ1) is 18.0. The highest BCUT2D eigenvalue weighted by Crippen LogP contribution is 2.35. The average Bonchev–Trinajstić information content (AvgIpc) is 2.93. The number of nitrogens with one attached hydrogen (secondary N) is 1. The number of ether oxygens (including phenoxy) is 4. The zero-order chi connectivity index (χ0) is 26.2. The van der Waals surface area contributed by atoms with Crippen LogP contribution < -0.4 is 24.3 Å². The van der Waals surface area contributed by atoms with Gasteiger partial charge in [0.2, 0.25) is 11.8 Å². The molecule has 2 amide bonds. The molecule has 0 saturated heterocycles. The molecule has 2 atom stereocenters. The van der Waals surface area contributed by atoms with Gasteiger partial charge in [0.1, 0.15) is 18.5 Å². The highest BCUT2D eigenvalue weighted by Gasteiger charge is 2.36. The first kappa shape index (κ1) is 26.9. The average molecular weight is 531 g/mol. The van der Waals surface area contributed by atoms with Gasteiger partial charge in [-0.25, -0.2) is 0 Å². The second-order valence-corrected chi connectivity index (χ2v) is 9.53. The molecule has 0 unspecified atom stereocenters. The number of fused-ring (bicyclic) bond motifs is 1. The van der Waals surface area contributed by atoms with Crippen molar-refractivity contribution in [3.8, 4) is 23.0 Å². The molecular weight excluding hydrogens is 496 g/mol. The quantitative estimate of drug-likeness (QED) is 0.455. The van der Waals surface area contributed by atoms with E-state index in [-0.39, 0.29) is 36.9 Å². The van der Waals surface area contributed by atoms with Gasteiger partial charge in [0, 0.05) is 6.04 Å². The summed E-state index contributed by atoms with van der Waals surface area (Å²) in [5.74, 6) is 1.40. The summed E-state index contributed by atoms with van der Waals surface area (Å²) in [5.41, 5.74) is 0.601. The van der Waals surface area contributed by atoms with Gasteiger partial charge in [-0.15, -0.1) is 11.6 Å². The maximum atomic E-state index is 13.8. The number of carbonyl (C=O) groups excluding carboxylic acids is 2. The fraction of sp³-hybridized carbons (Fsp3) is 0.500. The van der Waals surface area contributed by atoms with E-state index in [4.69, 9.17) is 30.5 Å². The standard InChI is InChI=1S/C28H35ClN2O6/c1-3-35-23-14-13-19(15-25(23)34-2)27(28(33)30-20-9-5-4-6-10-20)31(26(32)16-29)17-21-18-36-22-11-7-8-12-24(22)37-21/h7-8,11-15,20-21,27H,3-6,9-10,16-18H2,1-2H3,(H,30,33)/t21-,27+/m0/s1. The predicted octanol–water partition coefficient (Wildman–Crippen LogP) is 4.49. The van der Waals surface area contributed by atoms with Crippen LogP contribution in [0, 0.1) is 0 Å². The SMILES string of the molecule is CCOc1ccc([C@H](C(=O)NC2CCCCC2)N(C[C@H]2COc3ccccc3O2)C(=O)CCl)cc1OC. The molecule has 1 N–H and O–H groups in total. The molecule has 4 rings (SSSR count). The van der Waals surface area contributed by atoms with Gasteiger partial charge in [0.15, 0.2) is 29.1 Å². The molecule has 8 nitrogen and oxygen atoms in total. The minimum Gasteiger partial charge on any atom is -0.493 e. The van der Waals surface area contributed by atoms with Crippen LogP contribution in [0.2, 0.25) is 0 Å². The second kappa shape index (κ2) is 12.9. The van der Waals surface area contributed by atoms with Gasteiger partial charge in [0.25, 0.3) is 0 Å². The number of rotatable bonds is 10. The fourth-order valence-corrected chi connectivity index (χ4v) is 5.08. The number of halogens is 1. The zero-order valence-corrected chi connectivity index (χ0v) is 22.2. The molecule has 1 saturated carbocycles. The Bertz CT molecular complexity index is 1070. The lowest BCUT2D eigenvalue weighted by atomic mass is 9.94. The molecule has 9 heteroatoms. The fourth-order valence-electron chi connectivity index (χ4n) is 4.93. The van der Waals surface area contributed by atoms with Crippen LogP contribution >= 0.6 is 11.6 Å². The Morgan fingerprint density at radius 1 is 1.11 bits per heavy atom. The van der Waals surface area contributed by atoms with Crippen molar-refractivity contribution in [2.75, 3.05) is 32.7 Å². The number of alkyl halides is 1. The summed E-state index contributed by atoms with van der Waals surface area (Å²) in [5, 5.41) is 3.19. The Morgan fingerprint density at radius 2 is 1.86 bits per heavy atom. The maximum Gasteiger partial charge on any atom is 0.247 e. The van der Waals surface area contributed by atoms with Crippen LogP contribution in [0.1, 0.15) is 50.6 Å². The maximum absolute atomic E-state index is 13.8. The van der Waals surface area contributed by atoms with Gasteiger partial charge in [-0.2, -0.15) is 0 Å². The molecule has 2 aliphatic rings. The summed E-state index contributed by atoms with van der Waals surface area (Å²) >= 11 is 6.06. The van der Waals surface area contributed by atoms with Crippen molar-refractivity contribution in [2.45, 2.75) is 57.2 Å². The largest absolute Gasteiger partial charge is 0.493 e. The molecule has 0 spiro atoms. The van der Waals surface area contributed by atoms with Crippen molar-refractivity contribution in [3.63, 3.8) is 0 Å². The van der Waals surface area contributed by atoms with Crippen LogP contribution in [0.25, 0.3) is 0 Å². The molecule has 37 heavy (non-hydrogen) atoms. The summed E-state index contributed by atoms with van der Waals surface area (Å²) in [7, 11) is 1.55. The summed E-state index contributed by atoms with van der Waals surface area (Å²) < 4.78 is 23.2. The molecule has 1 fully saturated rings. The molecule has 1 heterocycles. The third kappa shape index (κ3) is 6.60. The van der Waals surface area contributed by atoms with E-state index < -0.39 is 12.1 Å². The first-order valence-electron chi connectivity index (χ1n) is 12.9. The molecular formula is C28H35ClN2O6. The van der Waals surface area contributed by atoms with Crippen LogP contribution in [0.3, 0.4) is 0 Å². The van der Waals surface area contributed by atoms with E-state index in [2.05, 4.69) is 5.32 Å². The van der Waals surface area contributed by atoms with E-state index in [1.165, 1.54) is 11.3 Å². The number of benzene rings is 2. The van der Waals surface area contributed by atoms with Crippen LogP contribution in [0.15, 0.2) is 42.5 Å². The third-order valence-corrected chi connectivity index (χ3v) is 6.95. The van der Waals surface area contributed by atoms with Crippen LogP contribution in [0.5, 0.6) is 23.0 Å². The summed E-state index contributed by atoms with van der Waals surface area (Å²) in [6, 6.07) is 11.8. The van der Waals surface area contributed by atoms with Gasteiger partial charge in [-0.05, 0) is 49.6 Å². The topological polar surface area (TPSA) is 86.3 Å². The normalized spacial score (nSPS) is 18.0. The summed E-state index contributed by atoms with van der Waals surface area (Å²) in [4.78, 5) is 28.5. The molecule has 1 aliphatic carbocycles. The Balaban J connectivity index is 1.66. The number of methoxy groups -OCH3 is 1. The molecule has 2 aromatic rings. The minimum absolute atomic E-state index is 0.0717. The number of nitrogens with zero attached hydrogens (tertiary/aromatic N) is 1. The lowest BCUT2D eigenvalue weighted by Crippen LogP contribution is -2.51. The summed E-state index contributed by atoms with van der Waals surface area (Å²) in [6.45, 7) is 2.72. The monoisotopic (exact) mass is 530 g/mol. The van der Waals surface area contributed by atoms with Gasteiger partial charge in [-0.1, -0.05) is 37.5 Å². The molecule has 200 valence electrons. The smallest absolute Gasteiger partial charge is 0.247 e. The van der Waals surface area contributed by atoms with Crippen molar-refractivity contribution in [3.05, 3.63) is 48.0 Å². The van der Waals surface area contributed by atoms with Crippen molar-refractivity contribution < 1.29 is 28.5 Å². The van der Waals surface area contributed by atoms with Crippen molar-refractivity contribution >= 4 is 23.4 Å². The minimum atomic E-state index is -0.932.